The molecule has 2 rings (SSSR count). The molecule has 2 atom stereocenters. The number of hydrogen-bond donors (Lipinski definition) is 1. The van der Waals surface area contributed by atoms with E-state index in [0.717, 1.165) is 11.8 Å². The van der Waals surface area contributed by atoms with E-state index in [2.05, 4.69) is 52.2 Å². The fourth-order valence-electron chi connectivity index (χ4n) is 2.91. The zero-order chi connectivity index (χ0) is 12.6. The predicted molar refractivity (Wildman–Crippen MR) is 74.3 cm³/mol. The minimum Gasteiger partial charge on any atom is -0.313 e. The van der Waals surface area contributed by atoms with Crippen molar-refractivity contribution < 1.29 is 0 Å². The maximum Gasteiger partial charge on any atom is 0.0348 e. The molecule has 0 heterocycles. The highest BCUT2D eigenvalue weighted by Crippen LogP contribution is 2.43. The summed E-state index contributed by atoms with van der Waals surface area (Å²) in [6, 6.07) is 5.22. The lowest BCUT2D eigenvalue weighted by molar-refractivity contribution is 0.368. The number of hydrogen-bond acceptors (Lipinski definition) is 1. The Labute approximate surface area is 106 Å². The van der Waals surface area contributed by atoms with Gasteiger partial charge in [0.2, 0.25) is 0 Å². The molecule has 1 fully saturated rings. The minimum absolute atomic E-state index is 0.516. The molecular formula is C16H25N. The molecule has 17 heavy (non-hydrogen) atoms. The molecule has 0 saturated heterocycles. The maximum atomic E-state index is 3.53. The van der Waals surface area contributed by atoms with Gasteiger partial charge in [0.15, 0.2) is 0 Å². The molecule has 0 radical (unpaired) electrons. The van der Waals surface area contributed by atoms with Crippen molar-refractivity contribution >= 4 is 0 Å². The van der Waals surface area contributed by atoms with Crippen molar-refractivity contribution in [2.45, 2.75) is 46.6 Å². The van der Waals surface area contributed by atoms with Crippen molar-refractivity contribution in [2.75, 3.05) is 7.05 Å². The Morgan fingerprint density at radius 1 is 1.06 bits per heavy atom. The van der Waals surface area contributed by atoms with Crippen LogP contribution in [-0.4, -0.2) is 7.05 Å². The van der Waals surface area contributed by atoms with E-state index in [0.29, 0.717) is 6.04 Å². The monoisotopic (exact) mass is 231 g/mol. The van der Waals surface area contributed by atoms with Crippen molar-refractivity contribution in [3.63, 3.8) is 0 Å². The second-order valence-electron chi connectivity index (χ2n) is 5.76. The molecule has 1 nitrogen and oxygen atoms in total. The Hall–Kier alpha value is -0.820. The first-order chi connectivity index (χ1) is 8.04. The Bertz CT molecular complexity index is 404. The molecule has 1 aliphatic rings. The van der Waals surface area contributed by atoms with Gasteiger partial charge in [0.1, 0.15) is 0 Å². The van der Waals surface area contributed by atoms with Gasteiger partial charge in [-0.15, -0.1) is 0 Å². The molecule has 1 aromatic carbocycles. The first-order valence-electron chi connectivity index (χ1n) is 6.79. The van der Waals surface area contributed by atoms with E-state index in [1.54, 1.807) is 0 Å². The minimum atomic E-state index is 0.516. The first-order valence-corrected chi connectivity index (χ1v) is 6.79. The predicted octanol–water partition coefficient (Wildman–Crippen LogP) is 3.92. The molecule has 1 aromatic rings. The normalized spacial score (nSPS) is 19.1. The topological polar surface area (TPSA) is 12.0 Å². The highest BCUT2D eigenvalue weighted by Gasteiger charge is 2.33. The van der Waals surface area contributed by atoms with Crippen LogP contribution in [0.15, 0.2) is 12.1 Å². The van der Waals surface area contributed by atoms with Gasteiger partial charge in [0.05, 0.1) is 0 Å². The van der Waals surface area contributed by atoms with Gasteiger partial charge in [-0.3, -0.25) is 0 Å². The van der Waals surface area contributed by atoms with Gasteiger partial charge in [-0.25, -0.2) is 0 Å². The van der Waals surface area contributed by atoms with E-state index < -0.39 is 0 Å². The molecule has 1 saturated carbocycles. The third-order valence-corrected chi connectivity index (χ3v) is 4.42. The zero-order valence-electron chi connectivity index (χ0n) is 11.8. The number of rotatable bonds is 4. The fraction of sp³-hybridized carbons (Fsp3) is 0.625. The third-order valence-electron chi connectivity index (χ3n) is 4.42. The van der Waals surface area contributed by atoms with Gasteiger partial charge in [0, 0.05) is 6.04 Å². The van der Waals surface area contributed by atoms with Crippen LogP contribution in [0, 0.1) is 32.6 Å². The van der Waals surface area contributed by atoms with Crippen molar-refractivity contribution in [3.8, 4) is 0 Å². The number of benzene rings is 1. The summed E-state index contributed by atoms with van der Waals surface area (Å²) in [5, 5.41) is 3.53. The van der Waals surface area contributed by atoms with Crippen LogP contribution in [0.5, 0.6) is 0 Å². The van der Waals surface area contributed by atoms with Crippen molar-refractivity contribution in [1.29, 1.82) is 0 Å². The molecule has 0 aromatic heterocycles. The van der Waals surface area contributed by atoms with Gasteiger partial charge in [-0.2, -0.15) is 0 Å². The lowest BCUT2D eigenvalue weighted by Gasteiger charge is -2.26. The summed E-state index contributed by atoms with van der Waals surface area (Å²) in [5.41, 5.74) is 5.74. The van der Waals surface area contributed by atoms with E-state index in [1.807, 2.05) is 0 Å². The van der Waals surface area contributed by atoms with Crippen molar-refractivity contribution in [3.05, 3.63) is 34.4 Å². The summed E-state index contributed by atoms with van der Waals surface area (Å²) in [7, 11) is 2.10. The molecule has 0 bridgehead atoms. The first kappa shape index (κ1) is 12.6. The van der Waals surface area contributed by atoms with E-state index in [-0.39, 0.29) is 0 Å². The summed E-state index contributed by atoms with van der Waals surface area (Å²) >= 11 is 0. The highest BCUT2D eigenvalue weighted by molar-refractivity contribution is 5.38. The quantitative estimate of drug-likeness (QED) is 0.828. The fourth-order valence-corrected chi connectivity index (χ4v) is 2.91. The Kier molecular flexibility index (Phi) is 3.58. The second-order valence-corrected chi connectivity index (χ2v) is 5.76. The summed E-state index contributed by atoms with van der Waals surface area (Å²) in [6.45, 7) is 9.05. The van der Waals surface area contributed by atoms with Crippen LogP contribution in [0.3, 0.4) is 0 Å². The van der Waals surface area contributed by atoms with Gasteiger partial charge < -0.3 is 5.32 Å². The van der Waals surface area contributed by atoms with Gasteiger partial charge in [0.25, 0.3) is 0 Å². The molecule has 1 aliphatic carbocycles. The zero-order valence-corrected chi connectivity index (χ0v) is 11.8. The van der Waals surface area contributed by atoms with E-state index in [1.165, 1.54) is 35.1 Å². The van der Waals surface area contributed by atoms with Crippen LogP contribution in [-0.2, 0) is 0 Å². The lowest BCUT2D eigenvalue weighted by atomic mass is 9.86. The highest BCUT2D eigenvalue weighted by atomic mass is 14.9. The molecule has 94 valence electrons. The van der Waals surface area contributed by atoms with Crippen molar-refractivity contribution in [2.24, 2.45) is 11.8 Å². The van der Waals surface area contributed by atoms with Crippen molar-refractivity contribution in [1.82, 2.24) is 5.32 Å². The Balaban J connectivity index is 2.32. The van der Waals surface area contributed by atoms with Crippen LogP contribution in [0.4, 0.5) is 0 Å². The molecule has 1 heteroatoms. The summed E-state index contributed by atoms with van der Waals surface area (Å²) in [5.74, 6) is 1.69. The molecule has 0 spiro atoms. The average Bonchev–Trinajstić information content (AvgIpc) is 3.09. The largest absolute Gasteiger partial charge is 0.313 e. The molecule has 0 amide bonds. The third kappa shape index (κ3) is 2.55. The maximum absolute atomic E-state index is 3.53. The van der Waals surface area contributed by atoms with Gasteiger partial charge in [-0.1, -0.05) is 19.1 Å². The Morgan fingerprint density at radius 2 is 1.65 bits per heavy atom. The number of nitrogens with one attached hydrogen (secondary N) is 1. The molecule has 0 aliphatic heterocycles. The van der Waals surface area contributed by atoms with Crippen LogP contribution in [0.1, 0.15) is 48.1 Å². The van der Waals surface area contributed by atoms with E-state index in [4.69, 9.17) is 0 Å². The van der Waals surface area contributed by atoms with Crippen LogP contribution >= 0.6 is 0 Å². The summed E-state index contributed by atoms with van der Waals surface area (Å²) in [4.78, 5) is 0. The van der Waals surface area contributed by atoms with Crippen LogP contribution in [0.2, 0.25) is 0 Å². The molecular weight excluding hydrogens is 206 g/mol. The van der Waals surface area contributed by atoms with Crippen LogP contribution < -0.4 is 5.32 Å². The van der Waals surface area contributed by atoms with Gasteiger partial charge in [-0.05, 0) is 74.8 Å². The van der Waals surface area contributed by atoms with Crippen LogP contribution in [0.25, 0.3) is 0 Å². The lowest BCUT2D eigenvalue weighted by Crippen LogP contribution is -2.25. The smallest absolute Gasteiger partial charge is 0.0348 e. The molecule has 2 unspecified atom stereocenters. The van der Waals surface area contributed by atoms with E-state index in [9.17, 15) is 0 Å². The van der Waals surface area contributed by atoms with E-state index >= 15 is 0 Å². The van der Waals surface area contributed by atoms with Gasteiger partial charge >= 0.3 is 0 Å². The summed E-state index contributed by atoms with van der Waals surface area (Å²) in [6.07, 6.45) is 2.84. The molecule has 1 N–H and O–H groups in total. The second kappa shape index (κ2) is 4.81. The Morgan fingerprint density at radius 3 is 2.18 bits per heavy atom. The summed E-state index contributed by atoms with van der Waals surface area (Å²) < 4.78 is 0. The SMILES string of the molecule is CNC(c1cc(C)c(C)cc1C)C(C)C1CC1. The number of aryl methyl sites for hydroxylation is 3. The average molecular weight is 231 g/mol. The standard InChI is InChI=1S/C16H25N/c1-10-8-12(3)15(9-11(10)2)16(17-5)13(4)14-6-7-14/h8-9,13-14,16-17H,6-7H2,1-5H3.